The summed E-state index contributed by atoms with van der Waals surface area (Å²) in [6.07, 6.45) is -0.0660. The predicted molar refractivity (Wildman–Crippen MR) is 131 cm³/mol. The number of ether oxygens (including phenoxy) is 2. The highest BCUT2D eigenvalue weighted by atomic mass is 19.4. The number of halogens is 3. The van der Waals surface area contributed by atoms with Gasteiger partial charge in [-0.1, -0.05) is 6.07 Å². The number of aliphatic hydroxyl groups is 1. The Hall–Kier alpha value is -4.37. The van der Waals surface area contributed by atoms with E-state index < -0.39 is 17.5 Å². The second kappa shape index (κ2) is 9.50. The Kier molecular flexibility index (Phi) is 6.32. The maximum Gasteiger partial charge on any atom is 0.433 e. The summed E-state index contributed by atoms with van der Waals surface area (Å²) in [5.41, 5.74) is 0.381. The third kappa shape index (κ3) is 5.33. The van der Waals surface area contributed by atoms with E-state index in [0.717, 1.165) is 11.6 Å². The molecule has 0 aromatic carbocycles. The third-order valence-electron chi connectivity index (χ3n) is 5.83. The van der Waals surface area contributed by atoms with Crippen LogP contribution >= 0.6 is 0 Å². The highest BCUT2D eigenvalue weighted by molar-refractivity contribution is 5.85. The van der Waals surface area contributed by atoms with Crippen molar-refractivity contribution in [1.29, 1.82) is 5.26 Å². The van der Waals surface area contributed by atoms with Crippen LogP contribution in [0.25, 0.3) is 16.6 Å². The third-order valence-corrected chi connectivity index (χ3v) is 5.83. The van der Waals surface area contributed by atoms with Crippen molar-refractivity contribution in [2.75, 3.05) is 24.6 Å². The van der Waals surface area contributed by atoms with E-state index in [1.165, 1.54) is 18.3 Å². The van der Waals surface area contributed by atoms with Gasteiger partial charge in [0.05, 0.1) is 42.2 Å². The number of pyridine rings is 3. The molecule has 0 aliphatic carbocycles. The normalized spacial score (nSPS) is 14.3. The predicted octanol–water partition coefficient (Wildman–Crippen LogP) is 4.10. The van der Waals surface area contributed by atoms with Crippen molar-refractivity contribution in [2.24, 2.45) is 0 Å². The van der Waals surface area contributed by atoms with Crippen LogP contribution in [0.3, 0.4) is 0 Å². The van der Waals surface area contributed by atoms with Crippen molar-refractivity contribution in [2.45, 2.75) is 31.7 Å². The zero-order valence-corrected chi connectivity index (χ0v) is 20.5. The largest absolute Gasteiger partial charge is 0.489 e. The highest BCUT2D eigenvalue weighted by Gasteiger charge is 2.34. The first-order chi connectivity index (χ1) is 18.0. The monoisotopic (exact) mass is 524 g/mol. The van der Waals surface area contributed by atoms with Crippen LogP contribution in [0.5, 0.6) is 11.6 Å². The van der Waals surface area contributed by atoms with Crippen molar-refractivity contribution in [1.82, 2.24) is 19.6 Å². The molecular weight excluding hydrogens is 501 g/mol. The van der Waals surface area contributed by atoms with Gasteiger partial charge >= 0.3 is 6.18 Å². The van der Waals surface area contributed by atoms with E-state index in [1.807, 2.05) is 17.0 Å². The van der Waals surface area contributed by atoms with E-state index in [1.54, 1.807) is 36.8 Å². The fourth-order valence-electron chi connectivity index (χ4n) is 3.98. The van der Waals surface area contributed by atoms with Gasteiger partial charge in [-0.2, -0.15) is 23.5 Å². The Balaban J connectivity index is 1.31. The molecule has 0 saturated carbocycles. The number of aromatic nitrogens is 4. The number of fused-ring (bicyclic) bond motifs is 1. The van der Waals surface area contributed by atoms with Gasteiger partial charge in [0.25, 0.3) is 0 Å². The molecule has 5 heterocycles. The fraction of sp³-hybridized carbons (Fsp3) is 0.308. The van der Waals surface area contributed by atoms with Gasteiger partial charge in [-0.25, -0.2) is 14.5 Å². The minimum atomic E-state index is -4.53. The van der Waals surface area contributed by atoms with Crippen LogP contribution < -0.4 is 14.4 Å². The Morgan fingerprint density at radius 2 is 1.95 bits per heavy atom. The number of anilines is 1. The van der Waals surface area contributed by atoms with Gasteiger partial charge in [0.2, 0.25) is 5.88 Å². The van der Waals surface area contributed by atoms with Crippen LogP contribution in [0, 0.1) is 11.3 Å². The van der Waals surface area contributed by atoms with Crippen LogP contribution in [0.2, 0.25) is 0 Å². The molecule has 4 aromatic heterocycles. The minimum Gasteiger partial charge on any atom is -0.489 e. The van der Waals surface area contributed by atoms with E-state index >= 15 is 0 Å². The van der Waals surface area contributed by atoms with E-state index in [9.17, 15) is 23.5 Å². The molecular formula is C26H23F3N6O3. The molecule has 196 valence electrons. The highest BCUT2D eigenvalue weighted by Crippen LogP contribution is 2.33. The Bertz CT molecular complexity index is 1500. The quantitative estimate of drug-likeness (QED) is 0.385. The standard InChI is InChI=1S/C26H23F3N6O3/c1-25(2,36)15-37-18-8-20(24-17(9-30)11-32-35(24)14-18)16-6-7-22(31-10-16)34-12-19(13-34)38-23-5-3-4-21(33-23)26(27,28)29/h3-8,10-11,14,19,36H,12-13,15H2,1-2H3. The van der Waals surface area contributed by atoms with Gasteiger partial charge in [-0.3, -0.25) is 0 Å². The molecule has 1 N–H and O–H groups in total. The number of nitriles is 1. The number of rotatable bonds is 7. The maximum atomic E-state index is 12.9. The van der Waals surface area contributed by atoms with Crippen molar-refractivity contribution >= 4 is 11.3 Å². The smallest absolute Gasteiger partial charge is 0.433 e. The first-order valence-corrected chi connectivity index (χ1v) is 11.7. The fourth-order valence-corrected chi connectivity index (χ4v) is 3.98. The zero-order chi connectivity index (χ0) is 27.1. The van der Waals surface area contributed by atoms with Crippen molar-refractivity contribution in [3.8, 4) is 28.8 Å². The Morgan fingerprint density at radius 3 is 2.61 bits per heavy atom. The lowest BCUT2D eigenvalue weighted by Crippen LogP contribution is -2.54. The van der Waals surface area contributed by atoms with Gasteiger partial charge in [-0.05, 0) is 38.1 Å². The Labute approximate surface area is 215 Å². The van der Waals surface area contributed by atoms with Crippen LogP contribution in [-0.4, -0.2) is 56.1 Å². The van der Waals surface area contributed by atoms with Crippen LogP contribution in [0.1, 0.15) is 25.1 Å². The molecule has 1 aliphatic heterocycles. The summed E-state index contributed by atoms with van der Waals surface area (Å²) in [4.78, 5) is 10.0. The molecule has 12 heteroatoms. The molecule has 1 fully saturated rings. The van der Waals surface area contributed by atoms with Crippen LogP contribution in [0.4, 0.5) is 19.0 Å². The van der Waals surface area contributed by atoms with Gasteiger partial charge in [0.1, 0.15) is 36.0 Å². The minimum absolute atomic E-state index is 0.0652. The van der Waals surface area contributed by atoms with Crippen molar-refractivity contribution in [3.63, 3.8) is 0 Å². The topological polar surface area (TPSA) is 109 Å². The molecule has 1 aliphatic rings. The summed E-state index contributed by atoms with van der Waals surface area (Å²) in [7, 11) is 0. The molecule has 0 radical (unpaired) electrons. The van der Waals surface area contributed by atoms with E-state index in [4.69, 9.17) is 9.47 Å². The van der Waals surface area contributed by atoms with Gasteiger partial charge in [0, 0.05) is 23.4 Å². The number of hydrogen-bond donors (Lipinski definition) is 1. The summed E-state index contributed by atoms with van der Waals surface area (Å²) in [5.74, 6) is 1.07. The lowest BCUT2D eigenvalue weighted by molar-refractivity contribution is -0.141. The van der Waals surface area contributed by atoms with E-state index in [-0.39, 0.29) is 18.6 Å². The number of alkyl halides is 3. The second-order valence-corrected chi connectivity index (χ2v) is 9.56. The van der Waals surface area contributed by atoms with E-state index in [2.05, 4.69) is 21.1 Å². The molecule has 0 atom stereocenters. The lowest BCUT2D eigenvalue weighted by Gasteiger charge is -2.39. The molecule has 1 saturated heterocycles. The summed E-state index contributed by atoms with van der Waals surface area (Å²) in [5, 5.41) is 23.8. The molecule has 9 nitrogen and oxygen atoms in total. The zero-order valence-electron chi connectivity index (χ0n) is 20.5. The van der Waals surface area contributed by atoms with Crippen molar-refractivity contribution in [3.05, 3.63) is 66.2 Å². The van der Waals surface area contributed by atoms with Crippen molar-refractivity contribution < 1.29 is 27.8 Å². The van der Waals surface area contributed by atoms with Gasteiger partial charge in [-0.15, -0.1) is 0 Å². The first-order valence-electron chi connectivity index (χ1n) is 11.7. The summed E-state index contributed by atoms with van der Waals surface area (Å²) in [6.45, 7) is 4.22. The summed E-state index contributed by atoms with van der Waals surface area (Å²) >= 11 is 0. The lowest BCUT2D eigenvalue weighted by atomic mass is 10.0. The number of hydrogen-bond acceptors (Lipinski definition) is 8. The molecule has 0 unspecified atom stereocenters. The average molecular weight is 525 g/mol. The SMILES string of the molecule is CC(C)(O)COc1cc(-c2ccc(N3CC(Oc4cccc(C(F)(F)F)n4)C3)nc2)c2c(C#N)cnn2c1. The second-order valence-electron chi connectivity index (χ2n) is 9.56. The molecule has 0 amide bonds. The summed E-state index contributed by atoms with van der Waals surface area (Å²) < 4.78 is 51.6. The van der Waals surface area contributed by atoms with Crippen LogP contribution in [-0.2, 0) is 6.18 Å². The summed E-state index contributed by atoms with van der Waals surface area (Å²) in [6, 6.07) is 11.2. The maximum absolute atomic E-state index is 12.9. The molecule has 4 aromatic rings. The first kappa shape index (κ1) is 25.3. The molecule has 38 heavy (non-hydrogen) atoms. The Morgan fingerprint density at radius 1 is 1.16 bits per heavy atom. The van der Waals surface area contributed by atoms with Gasteiger partial charge < -0.3 is 19.5 Å². The molecule has 0 spiro atoms. The van der Waals surface area contributed by atoms with Crippen LogP contribution in [0.15, 0.2) is 55.0 Å². The molecule has 5 rings (SSSR count). The molecule has 0 bridgehead atoms. The number of nitrogens with zero attached hydrogens (tertiary/aromatic N) is 6. The van der Waals surface area contributed by atoms with E-state index in [0.29, 0.717) is 41.3 Å². The average Bonchev–Trinajstić information content (AvgIpc) is 3.27. The van der Waals surface area contributed by atoms with Gasteiger partial charge in [0.15, 0.2) is 0 Å².